The molecule has 0 saturated heterocycles. The summed E-state index contributed by atoms with van der Waals surface area (Å²) in [4.78, 5) is 0. The van der Waals surface area contributed by atoms with E-state index in [1.165, 1.54) is 0 Å². The van der Waals surface area contributed by atoms with Crippen molar-refractivity contribution in [2.24, 2.45) is 0 Å². The van der Waals surface area contributed by atoms with Gasteiger partial charge in [0.2, 0.25) is 0 Å². The molecule has 0 aliphatic heterocycles. The van der Waals surface area contributed by atoms with Crippen LogP contribution < -0.4 is 0 Å². The van der Waals surface area contributed by atoms with Gasteiger partial charge in [0, 0.05) is 0 Å². The molecule has 0 fully saturated rings. The van der Waals surface area contributed by atoms with Crippen molar-refractivity contribution < 1.29 is 0 Å². The van der Waals surface area contributed by atoms with Crippen LogP contribution in [-0.4, -0.2) is 29.3 Å². The average molecular weight is 313 g/mol. The Morgan fingerprint density at radius 1 is 0.500 bits per heavy atom. The molecule has 0 aromatic heterocycles. The number of hydrogen-bond acceptors (Lipinski definition) is 0. The molecule has 0 bridgehead atoms. The van der Waals surface area contributed by atoms with Crippen LogP contribution in [0, 0.1) is 0 Å². The summed E-state index contributed by atoms with van der Waals surface area (Å²) in [6.07, 6.45) is 0. The van der Waals surface area contributed by atoms with E-state index < -0.39 is 0 Å². The summed E-state index contributed by atoms with van der Waals surface area (Å²) in [6.45, 7) is 0. The van der Waals surface area contributed by atoms with Gasteiger partial charge in [0.15, 0.2) is 0 Å². The van der Waals surface area contributed by atoms with E-state index in [2.05, 4.69) is 34.3 Å². The number of halogens is 2. The molecule has 10 heavy (non-hydrogen) atoms. The van der Waals surface area contributed by atoms with Crippen LogP contribution in [-0.2, 0) is 0 Å². The molecule has 0 aliphatic carbocycles. The molecule has 0 unspecified atom stereocenters. The molecule has 0 aromatic rings. The summed E-state index contributed by atoms with van der Waals surface area (Å²) in [5, 5.41) is 0. The first-order valence-electron chi connectivity index (χ1n) is 2.68. The Bertz CT molecular complexity index is 29.2. The first-order valence-corrected chi connectivity index (χ1v) is 13.9. The zero-order chi connectivity index (χ0) is 7.15. The smallest absolute Gasteiger partial charge is 0.147 e. The molecule has 0 rings (SSSR count). The van der Waals surface area contributed by atoms with E-state index in [9.17, 15) is 0 Å². The van der Waals surface area contributed by atoms with Gasteiger partial charge in [-0.05, 0) is 0 Å². The van der Waals surface area contributed by atoms with Crippen LogP contribution in [0.2, 0.25) is 34.3 Å². The van der Waals surface area contributed by atoms with Crippen molar-refractivity contribution in [1.29, 1.82) is 0 Å². The molecule has 0 saturated carbocycles. The Morgan fingerprint density at radius 3 is 0.500 bits per heavy atom. The van der Waals surface area contributed by atoms with Gasteiger partial charge < -0.3 is 0 Å². The van der Waals surface area contributed by atoms with Gasteiger partial charge in [-0.3, -0.25) is 0 Å². The molecule has 0 heterocycles. The maximum atomic E-state index is 2.31. The van der Waals surface area contributed by atoms with Crippen molar-refractivity contribution in [1.82, 2.24) is 0 Å². The van der Waals surface area contributed by atoms with E-state index in [1.54, 1.807) is 0 Å². The standard InChI is InChI=1S/2C3H9As.2ClH/c2*1-4(2)3;;/h2*1-3H3;2*1H. The molecule has 0 spiro atoms. The number of rotatable bonds is 0. The van der Waals surface area contributed by atoms with Crippen LogP contribution >= 0.6 is 24.8 Å². The van der Waals surface area contributed by atoms with Crippen LogP contribution in [0.4, 0.5) is 0 Å². The monoisotopic (exact) mass is 312 g/mol. The maximum absolute atomic E-state index is 2.31. The largest absolute Gasteiger partial charge is 0.147 e. The third-order valence-corrected chi connectivity index (χ3v) is 0. The minimum absolute atomic E-state index is 0. The van der Waals surface area contributed by atoms with Crippen LogP contribution in [0.25, 0.3) is 0 Å². The fraction of sp³-hybridized carbons (Fsp3) is 1.00. The molecule has 0 aliphatic rings. The molecular weight excluding hydrogens is 293 g/mol. The van der Waals surface area contributed by atoms with Gasteiger partial charge in [-0.15, -0.1) is 24.8 Å². The second-order valence-electron chi connectivity index (χ2n) is 2.68. The van der Waals surface area contributed by atoms with E-state index in [0.717, 1.165) is 0 Å². The van der Waals surface area contributed by atoms with Crippen LogP contribution in [0.1, 0.15) is 0 Å². The summed E-state index contributed by atoms with van der Waals surface area (Å²) >= 11 is -0.375. The van der Waals surface area contributed by atoms with Crippen molar-refractivity contribution in [3.05, 3.63) is 0 Å². The fourth-order valence-corrected chi connectivity index (χ4v) is 0. The number of hydrogen-bond donors (Lipinski definition) is 0. The Labute approximate surface area is 87.9 Å². The van der Waals surface area contributed by atoms with Crippen molar-refractivity contribution in [3.8, 4) is 0 Å². The second-order valence-corrected chi connectivity index (χ2v) is 13.9. The Morgan fingerprint density at radius 2 is 0.500 bits per heavy atom. The van der Waals surface area contributed by atoms with Crippen LogP contribution in [0.5, 0.6) is 0 Å². The molecule has 4 heteroatoms. The van der Waals surface area contributed by atoms with Crippen LogP contribution in [0.3, 0.4) is 0 Å². The third-order valence-electron chi connectivity index (χ3n) is 0. The minimum atomic E-state index is -0.188. The molecule has 0 nitrogen and oxygen atoms in total. The first kappa shape index (κ1) is 22.6. The SMILES string of the molecule is C[As](C)C.C[As](C)C.Cl.Cl. The van der Waals surface area contributed by atoms with Gasteiger partial charge in [-0.2, -0.15) is 0 Å². The van der Waals surface area contributed by atoms with Crippen molar-refractivity contribution >= 4 is 54.1 Å². The van der Waals surface area contributed by atoms with E-state index in [4.69, 9.17) is 0 Å². The average Bonchev–Trinajstić information content (AvgIpc) is 1.25. The van der Waals surface area contributed by atoms with Gasteiger partial charge in [0.05, 0.1) is 0 Å². The van der Waals surface area contributed by atoms with Crippen molar-refractivity contribution in [3.63, 3.8) is 0 Å². The van der Waals surface area contributed by atoms with Gasteiger partial charge in [0.25, 0.3) is 0 Å². The van der Waals surface area contributed by atoms with E-state index >= 15 is 0 Å². The summed E-state index contributed by atoms with van der Waals surface area (Å²) in [5.74, 6) is 0. The normalized spacial score (nSPS) is 7.20. The zero-order valence-corrected chi connectivity index (χ0v) is 13.1. The maximum Gasteiger partial charge on any atom is -0.147 e. The van der Waals surface area contributed by atoms with Gasteiger partial charge in [-0.1, -0.05) is 0 Å². The first-order chi connectivity index (χ1) is 3.46. The summed E-state index contributed by atoms with van der Waals surface area (Å²) in [7, 11) is 0. The van der Waals surface area contributed by atoms with Crippen molar-refractivity contribution in [2.45, 2.75) is 34.3 Å². The topological polar surface area (TPSA) is 0 Å². The quantitative estimate of drug-likeness (QED) is 0.600. The minimum Gasteiger partial charge on any atom is -0.147 e. The predicted octanol–water partition coefficient (Wildman–Crippen LogP) is 3.58. The summed E-state index contributed by atoms with van der Waals surface area (Å²) in [5.41, 5.74) is 13.9. The predicted molar refractivity (Wildman–Crippen MR) is 61.2 cm³/mol. The van der Waals surface area contributed by atoms with E-state index in [-0.39, 0.29) is 54.1 Å². The molecule has 0 radical (unpaired) electrons. The molecule has 0 aromatic carbocycles. The molecular formula is C6H20As2Cl2. The second kappa shape index (κ2) is 17.0. The van der Waals surface area contributed by atoms with Crippen LogP contribution in [0.15, 0.2) is 0 Å². The summed E-state index contributed by atoms with van der Waals surface area (Å²) in [6, 6.07) is 0. The Balaban J connectivity index is -0.0000000300. The fourth-order valence-electron chi connectivity index (χ4n) is 0. The Kier molecular flexibility index (Phi) is 38.4. The van der Waals surface area contributed by atoms with E-state index in [1.807, 2.05) is 0 Å². The molecule has 68 valence electrons. The molecule has 0 amide bonds. The van der Waals surface area contributed by atoms with Gasteiger partial charge >= 0.3 is 63.6 Å². The zero-order valence-electron chi connectivity index (χ0n) is 7.71. The van der Waals surface area contributed by atoms with Gasteiger partial charge in [-0.25, -0.2) is 0 Å². The van der Waals surface area contributed by atoms with Gasteiger partial charge in [0.1, 0.15) is 0 Å². The van der Waals surface area contributed by atoms with E-state index in [0.29, 0.717) is 0 Å². The Hall–Kier alpha value is 1.70. The third kappa shape index (κ3) is 255. The summed E-state index contributed by atoms with van der Waals surface area (Å²) < 4.78 is 0. The van der Waals surface area contributed by atoms with Crippen molar-refractivity contribution in [2.75, 3.05) is 0 Å². The molecule has 0 N–H and O–H groups in total. The molecule has 0 atom stereocenters.